The van der Waals surface area contributed by atoms with E-state index in [1.54, 1.807) is 12.4 Å². The number of piperidine rings is 1. The minimum Gasteiger partial charge on any atom is -0.394 e. The molecule has 0 aromatic carbocycles. The number of aromatic nitrogens is 3. The molecule has 4 N–H and O–H groups in total. The number of hydrogen-bond donors (Lipinski definition) is 3. The van der Waals surface area contributed by atoms with Gasteiger partial charge in [-0.1, -0.05) is 23.4 Å². The monoisotopic (exact) mass is 506 g/mol. The molecule has 1 spiro atoms. The molecular formula is C23H31ClN6O3S. The van der Waals surface area contributed by atoms with Gasteiger partial charge in [0.1, 0.15) is 16.5 Å². The fraction of sp³-hybridized carbons (Fsp3) is 0.609. The maximum Gasteiger partial charge on any atom is 0.152 e. The predicted molar refractivity (Wildman–Crippen MR) is 131 cm³/mol. The minimum absolute atomic E-state index is 0.0276. The van der Waals surface area contributed by atoms with E-state index in [0.29, 0.717) is 28.2 Å². The van der Waals surface area contributed by atoms with Gasteiger partial charge in [0.05, 0.1) is 43.2 Å². The molecule has 3 atom stereocenters. The summed E-state index contributed by atoms with van der Waals surface area (Å²) in [5, 5.41) is 20.7. The highest BCUT2D eigenvalue weighted by Gasteiger charge is 2.47. The second-order valence-electron chi connectivity index (χ2n) is 9.40. The molecule has 3 fully saturated rings. The van der Waals surface area contributed by atoms with Crippen molar-refractivity contribution in [3.05, 3.63) is 29.2 Å². The second-order valence-corrected chi connectivity index (χ2v) is 10.8. The first kappa shape index (κ1) is 24.0. The zero-order valence-electron chi connectivity index (χ0n) is 19.2. The lowest BCUT2D eigenvalue weighted by Gasteiger charge is -2.41. The molecule has 11 heteroatoms. The first-order valence-electron chi connectivity index (χ1n) is 11.7. The van der Waals surface area contributed by atoms with Gasteiger partial charge in [0.15, 0.2) is 5.82 Å². The summed E-state index contributed by atoms with van der Waals surface area (Å²) in [6, 6.07) is 1.95. The molecule has 184 valence electrons. The van der Waals surface area contributed by atoms with Crippen LogP contribution in [0.5, 0.6) is 0 Å². The van der Waals surface area contributed by atoms with E-state index in [4.69, 9.17) is 22.1 Å². The van der Waals surface area contributed by atoms with E-state index in [1.807, 2.05) is 17.9 Å². The zero-order valence-corrected chi connectivity index (χ0v) is 20.8. The normalized spacial score (nSPS) is 26.2. The number of hydrogen-bond acceptors (Lipinski definition) is 10. The Morgan fingerprint density at radius 2 is 2.03 bits per heavy atom. The molecule has 2 aromatic heterocycles. The fourth-order valence-corrected chi connectivity index (χ4v) is 6.31. The van der Waals surface area contributed by atoms with Crippen LogP contribution in [0.15, 0.2) is 28.4 Å². The lowest BCUT2D eigenvalue weighted by atomic mass is 9.73. The molecule has 3 aliphatic heterocycles. The summed E-state index contributed by atoms with van der Waals surface area (Å²) >= 11 is 8.06. The summed E-state index contributed by atoms with van der Waals surface area (Å²) in [6.07, 6.45) is 6.32. The smallest absolute Gasteiger partial charge is 0.152 e. The number of nitrogens with zero attached hydrogens (tertiary/aromatic N) is 5. The van der Waals surface area contributed by atoms with Crippen LogP contribution in [0.3, 0.4) is 0 Å². The van der Waals surface area contributed by atoms with Gasteiger partial charge >= 0.3 is 0 Å². The molecule has 0 amide bonds. The van der Waals surface area contributed by atoms with Gasteiger partial charge < -0.3 is 30.5 Å². The number of rotatable bonds is 6. The molecule has 3 aliphatic rings. The summed E-state index contributed by atoms with van der Waals surface area (Å²) < 4.78 is 5.83. The van der Waals surface area contributed by atoms with E-state index in [-0.39, 0.29) is 36.8 Å². The third kappa shape index (κ3) is 4.25. The molecule has 2 aromatic rings. The Morgan fingerprint density at radius 3 is 2.65 bits per heavy atom. The zero-order chi connectivity index (χ0) is 23.9. The van der Waals surface area contributed by atoms with Crippen molar-refractivity contribution < 1.29 is 14.9 Å². The van der Waals surface area contributed by atoms with Crippen LogP contribution in [-0.4, -0.2) is 76.2 Å². The summed E-state index contributed by atoms with van der Waals surface area (Å²) in [7, 11) is 0. The molecule has 0 saturated carbocycles. The lowest BCUT2D eigenvalue weighted by molar-refractivity contribution is 0.0973. The summed E-state index contributed by atoms with van der Waals surface area (Å²) in [4.78, 5) is 18.8. The largest absolute Gasteiger partial charge is 0.394 e. The topological polar surface area (TPSA) is 121 Å². The first-order chi connectivity index (χ1) is 16.5. The molecule has 5 heterocycles. The van der Waals surface area contributed by atoms with Crippen LogP contribution in [0.4, 0.5) is 11.6 Å². The number of nitrogens with two attached hydrogens (primary N) is 1. The van der Waals surface area contributed by atoms with Crippen molar-refractivity contribution in [1.29, 1.82) is 0 Å². The number of anilines is 2. The Morgan fingerprint density at radius 1 is 1.24 bits per heavy atom. The van der Waals surface area contributed by atoms with Gasteiger partial charge in [-0.25, -0.2) is 15.0 Å². The van der Waals surface area contributed by atoms with Crippen LogP contribution in [0.2, 0.25) is 5.02 Å². The van der Waals surface area contributed by atoms with Crippen molar-refractivity contribution in [2.45, 2.75) is 60.9 Å². The predicted octanol–water partition coefficient (Wildman–Crippen LogP) is 2.07. The number of ether oxygens (including phenoxy) is 1. The summed E-state index contributed by atoms with van der Waals surface area (Å²) in [6.45, 7) is 5.07. The van der Waals surface area contributed by atoms with Crippen molar-refractivity contribution in [1.82, 2.24) is 15.0 Å². The Labute approximate surface area is 208 Å². The maximum atomic E-state index is 10.0. The highest BCUT2D eigenvalue weighted by molar-refractivity contribution is 7.99. The van der Waals surface area contributed by atoms with Crippen molar-refractivity contribution in [3.63, 3.8) is 0 Å². The van der Waals surface area contributed by atoms with E-state index in [1.165, 1.54) is 11.8 Å². The SMILES string of the molecule is C[C@@H]1OCC2(CCN(c3ncc(Sc4ccnc(N5CC[C@H]5CO)c4Cl)nc3CO)CC2)[C@@H]1N. The Balaban J connectivity index is 1.31. The van der Waals surface area contributed by atoms with Crippen LogP contribution in [-0.2, 0) is 11.3 Å². The average Bonchev–Trinajstić information content (AvgIpc) is 3.10. The fourth-order valence-electron chi connectivity index (χ4n) is 5.18. The number of pyridine rings is 1. The summed E-state index contributed by atoms with van der Waals surface area (Å²) in [5.41, 5.74) is 7.02. The molecule has 34 heavy (non-hydrogen) atoms. The number of aliphatic hydroxyl groups excluding tert-OH is 2. The van der Waals surface area contributed by atoms with Crippen LogP contribution in [0, 0.1) is 5.41 Å². The van der Waals surface area contributed by atoms with E-state index in [0.717, 1.165) is 49.6 Å². The maximum absolute atomic E-state index is 10.0. The second kappa shape index (κ2) is 9.75. The number of aliphatic hydroxyl groups is 2. The average molecular weight is 507 g/mol. The Bertz CT molecular complexity index is 1040. The van der Waals surface area contributed by atoms with Gasteiger partial charge in [-0.15, -0.1) is 0 Å². The van der Waals surface area contributed by atoms with Gasteiger partial charge in [-0.2, -0.15) is 0 Å². The van der Waals surface area contributed by atoms with E-state index >= 15 is 0 Å². The molecular weight excluding hydrogens is 476 g/mol. The minimum atomic E-state index is -0.195. The quantitative estimate of drug-likeness (QED) is 0.536. The third-order valence-electron chi connectivity index (χ3n) is 7.53. The summed E-state index contributed by atoms with van der Waals surface area (Å²) in [5.74, 6) is 1.39. The highest BCUT2D eigenvalue weighted by Crippen LogP contribution is 2.43. The van der Waals surface area contributed by atoms with E-state index in [2.05, 4.69) is 19.9 Å². The first-order valence-corrected chi connectivity index (χ1v) is 12.9. The van der Waals surface area contributed by atoms with Crippen LogP contribution in [0.25, 0.3) is 0 Å². The van der Waals surface area contributed by atoms with Crippen molar-refractivity contribution in [3.8, 4) is 0 Å². The molecule has 0 aliphatic carbocycles. The number of halogens is 1. The Kier molecular flexibility index (Phi) is 6.89. The van der Waals surface area contributed by atoms with Gasteiger partial charge in [0.2, 0.25) is 0 Å². The van der Waals surface area contributed by atoms with Crippen LogP contribution >= 0.6 is 23.4 Å². The van der Waals surface area contributed by atoms with Crippen molar-refractivity contribution in [2.24, 2.45) is 11.1 Å². The van der Waals surface area contributed by atoms with Crippen LogP contribution in [0.1, 0.15) is 31.9 Å². The van der Waals surface area contributed by atoms with E-state index in [9.17, 15) is 10.2 Å². The highest BCUT2D eigenvalue weighted by atomic mass is 35.5. The molecule has 0 radical (unpaired) electrons. The van der Waals surface area contributed by atoms with Crippen molar-refractivity contribution >= 4 is 35.0 Å². The van der Waals surface area contributed by atoms with Gasteiger partial charge in [0, 0.05) is 42.2 Å². The molecule has 0 bridgehead atoms. The van der Waals surface area contributed by atoms with Gasteiger partial charge in [0.25, 0.3) is 0 Å². The standard InChI is InChI=1S/C23H31ClN6O3S/c1-14-20(25)23(13-33-14)4-8-29(9-5-23)21-16(12-32)28-18(10-27-21)34-17-2-6-26-22(19(17)24)30-7-3-15(30)11-31/h2,6,10,14-15,20,31-32H,3-5,7-9,11-13,25H2,1H3/t14-,15-,20+/m0/s1. The van der Waals surface area contributed by atoms with Crippen molar-refractivity contribution in [2.75, 3.05) is 42.6 Å². The molecule has 5 rings (SSSR count). The molecule has 3 saturated heterocycles. The van der Waals surface area contributed by atoms with Crippen LogP contribution < -0.4 is 15.5 Å². The van der Waals surface area contributed by atoms with Gasteiger partial charge in [-0.3, -0.25) is 0 Å². The van der Waals surface area contributed by atoms with E-state index < -0.39 is 0 Å². The molecule has 0 unspecified atom stereocenters. The lowest BCUT2D eigenvalue weighted by Crippen LogP contribution is -2.51. The Hall–Kier alpha value is -1.69. The molecule has 9 nitrogen and oxygen atoms in total. The third-order valence-corrected chi connectivity index (χ3v) is 8.98. The van der Waals surface area contributed by atoms with Gasteiger partial charge in [-0.05, 0) is 32.3 Å².